The van der Waals surface area contributed by atoms with E-state index >= 15 is 0 Å². The summed E-state index contributed by atoms with van der Waals surface area (Å²) in [5, 5.41) is 0. The minimum atomic E-state index is -2.78. The van der Waals surface area contributed by atoms with E-state index in [2.05, 4.69) is 6.58 Å². The normalized spacial score (nSPS) is 11.3. The smallest absolute Gasteiger partial charge is 0.331 e. The van der Waals surface area contributed by atoms with Gasteiger partial charge in [-0.3, -0.25) is 0 Å². The standard InChI is InChI=1S/C11H9F5O2Si/c1-4-19(2,3)18-11(17)5-6(12)8(14)10(16)9(15)7(5)13/h4H,1H2,2-3H3. The number of hydrogen-bond donors (Lipinski definition) is 0. The Kier molecular flexibility index (Phi) is 4.14. The third kappa shape index (κ3) is 2.83. The highest BCUT2D eigenvalue weighted by molar-refractivity contribution is 6.77. The van der Waals surface area contributed by atoms with E-state index in [1.54, 1.807) is 0 Å². The number of carbonyl (C=O) groups excluding carboxylic acids is 1. The fraction of sp³-hybridized carbons (Fsp3) is 0.182. The second-order valence-electron chi connectivity index (χ2n) is 4.14. The fourth-order valence-electron chi connectivity index (χ4n) is 1.12. The molecule has 0 spiro atoms. The van der Waals surface area contributed by atoms with Crippen LogP contribution in [0, 0.1) is 29.1 Å². The molecule has 0 radical (unpaired) electrons. The van der Waals surface area contributed by atoms with Crippen molar-refractivity contribution < 1.29 is 31.2 Å². The number of rotatable bonds is 3. The Balaban J connectivity index is 3.36. The van der Waals surface area contributed by atoms with Gasteiger partial charge in [0.1, 0.15) is 5.56 Å². The Morgan fingerprint density at radius 2 is 1.37 bits per heavy atom. The van der Waals surface area contributed by atoms with E-state index in [0.29, 0.717) is 0 Å². The minimum absolute atomic E-state index is 1.27. The van der Waals surface area contributed by atoms with Crippen LogP contribution in [-0.2, 0) is 4.43 Å². The van der Waals surface area contributed by atoms with Gasteiger partial charge in [-0.15, -0.1) is 6.58 Å². The van der Waals surface area contributed by atoms with Crippen LogP contribution >= 0.6 is 0 Å². The largest absolute Gasteiger partial charge is 0.512 e. The van der Waals surface area contributed by atoms with Gasteiger partial charge in [0.25, 0.3) is 8.32 Å². The molecule has 0 aliphatic heterocycles. The van der Waals surface area contributed by atoms with Gasteiger partial charge in [-0.25, -0.2) is 26.7 Å². The van der Waals surface area contributed by atoms with Crippen LogP contribution in [0.3, 0.4) is 0 Å². The molecule has 0 aliphatic carbocycles. The van der Waals surface area contributed by atoms with Gasteiger partial charge in [-0.05, 0) is 13.1 Å². The number of benzene rings is 1. The third-order valence-electron chi connectivity index (χ3n) is 2.26. The zero-order valence-corrected chi connectivity index (χ0v) is 11.0. The Labute approximate surface area is 106 Å². The molecule has 19 heavy (non-hydrogen) atoms. The summed E-state index contributed by atoms with van der Waals surface area (Å²) in [6.45, 7) is 6.29. The van der Waals surface area contributed by atoms with Gasteiger partial charge in [0, 0.05) is 0 Å². The van der Waals surface area contributed by atoms with Crippen LogP contribution in [0.15, 0.2) is 12.3 Å². The highest BCUT2D eigenvalue weighted by Gasteiger charge is 2.33. The van der Waals surface area contributed by atoms with E-state index in [1.165, 1.54) is 18.8 Å². The second-order valence-corrected chi connectivity index (χ2v) is 7.96. The van der Waals surface area contributed by atoms with Gasteiger partial charge in [0.05, 0.1) is 0 Å². The van der Waals surface area contributed by atoms with Gasteiger partial charge in [-0.2, -0.15) is 0 Å². The number of hydrogen-bond acceptors (Lipinski definition) is 2. The molecule has 0 aromatic heterocycles. The molecular formula is C11H9F5O2Si. The number of carbonyl (C=O) groups is 1. The molecule has 1 aromatic rings. The van der Waals surface area contributed by atoms with Crippen molar-refractivity contribution >= 4 is 14.3 Å². The average Bonchev–Trinajstić information content (AvgIpc) is 2.33. The van der Waals surface area contributed by atoms with Crippen molar-refractivity contribution in [1.82, 2.24) is 0 Å². The first-order chi connectivity index (χ1) is 8.62. The SMILES string of the molecule is C=C[Si](C)(C)OC(=O)c1c(F)c(F)c(F)c(F)c1F. The lowest BCUT2D eigenvalue weighted by atomic mass is 10.1. The quantitative estimate of drug-likeness (QED) is 0.369. The molecule has 0 N–H and O–H groups in total. The van der Waals surface area contributed by atoms with Crippen LogP contribution in [0.4, 0.5) is 22.0 Å². The van der Waals surface area contributed by atoms with Crippen molar-refractivity contribution in [3.05, 3.63) is 46.9 Å². The molecule has 1 aromatic carbocycles. The van der Waals surface area contributed by atoms with Crippen molar-refractivity contribution in [1.29, 1.82) is 0 Å². The van der Waals surface area contributed by atoms with Crippen molar-refractivity contribution in [3.63, 3.8) is 0 Å². The Morgan fingerprint density at radius 1 is 1.00 bits per heavy atom. The predicted molar refractivity (Wildman–Crippen MR) is 59.3 cm³/mol. The summed E-state index contributed by atoms with van der Waals surface area (Å²) in [5.74, 6) is -12.7. The minimum Gasteiger partial charge on any atom is -0.512 e. The van der Waals surface area contributed by atoms with Crippen molar-refractivity contribution in [3.8, 4) is 0 Å². The van der Waals surface area contributed by atoms with E-state index < -0.39 is 48.9 Å². The van der Waals surface area contributed by atoms with Crippen molar-refractivity contribution in [2.75, 3.05) is 0 Å². The maximum Gasteiger partial charge on any atom is 0.331 e. The van der Waals surface area contributed by atoms with Crippen LogP contribution in [0.2, 0.25) is 13.1 Å². The molecule has 0 amide bonds. The molecule has 0 unspecified atom stereocenters. The summed E-state index contributed by atoms with van der Waals surface area (Å²) in [6, 6.07) is 0. The van der Waals surface area contributed by atoms with Gasteiger partial charge >= 0.3 is 5.97 Å². The maximum atomic E-state index is 13.3. The van der Waals surface area contributed by atoms with E-state index in [9.17, 15) is 26.7 Å². The molecule has 0 atom stereocenters. The molecule has 0 saturated carbocycles. The summed E-state index contributed by atoms with van der Waals surface area (Å²) < 4.78 is 69.9. The van der Waals surface area contributed by atoms with E-state index in [-0.39, 0.29) is 0 Å². The molecular weight excluding hydrogens is 287 g/mol. The highest BCUT2D eigenvalue weighted by Crippen LogP contribution is 2.24. The first-order valence-electron chi connectivity index (χ1n) is 5.00. The van der Waals surface area contributed by atoms with Crippen LogP contribution in [0.1, 0.15) is 10.4 Å². The van der Waals surface area contributed by atoms with Crippen LogP contribution < -0.4 is 0 Å². The third-order valence-corrected chi connectivity index (χ3v) is 3.96. The molecule has 0 fully saturated rings. The summed E-state index contributed by atoms with van der Waals surface area (Å²) in [4.78, 5) is 11.5. The van der Waals surface area contributed by atoms with Crippen molar-refractivity contribution in [2.24, 2.45) is 0 Å². The van der Waals surface area contributed by atoms with Crippen molar-refractivity contribution in [2.45, 2.75) is 13.1 Å². The second kappa shape index (κ2) is 5.12. The lowest BCUT2D eigenvalue weighted by Gasteiger charge is -2.18. The Bertz CT molecular complexity index is 528. The van der Waals surface area contributed by atoms with E-state index in [1.807, 2.05) is 0 Å². The Morgan fingerprint density at radius 3 is 1.74 bits per heavy atom. The number of halogens is 5. The summed E-state index contributed by atoms with van der Waals surface area (Å²) in [6.07, 6.45) is 0. The van der Waals surface area contributed by atoms with E-state index in [4.69, 9.17) is 4.43 Å². The van der Waals surface area contributed by atoms with Gasteiger partial charge < -0.3 is 4.43 Å². The van der Waals surface area contributed by atoms with Crippen LogP contribution in [0.5, 0.6) is 0 Å². The lowest BCUT2D eigenvalue weighted by Crippen LogP contribution is -2.32. The van der Waals surface area contributed by atoms with Crippen LogP contribution in [-0.4, -0.2) is 14.3 Å². The molecule has 104 valence electrons. The zero-order chi connectivity index (χ0) is 15.0. The molecule has 8 heteroatoms. The van der Waals surface area contributed by atoms with Crippen LogP contribution in [0.25, 0.3) is 0 Å². The molecule has 2 nitrogen and oxygen atoms in total. The lowest BCUT2D eigenvalue weighted by molar-refractivity contribution is 0.0713. The molecule has 0 bridgehead atoms. The van der Waals surface area contributed by atoms with E-state index in [0.717, 1.165) is 0 Å². The molecule has 0 heterocycles. The molecule has 0 saturated heterocycles. The molecule has 0 aliphatic rings. The summed E-state index contributed by atoms with van der Waals surface area (Å²) in [5.41, 5.74) is -0.324. The highest BCUT2D eigenvalue weighted by atomic mass is 28.4. The fourth-order valence-corrected chi connectivity index (χ4v) is 1.78. The maximum absolute atomic E-state index is 13.3. The van der Waals surface area contributed by atoms with Gasteiger partial charge in [0.15, 0.2) is 23.3 Å². The Hall–Kier alpha value is -1.70. The summed E-state index contributed by atoms with van der Waals surface area (Å²) in [7, 11) is -2.78. The van der Waals surface area contributed by atoms with Gasteiger partial charge in [0.2, 0.25) is 5.82 Å². The zero-order valence-electron chi connectivity index (χ0n) is 9.99. The average molecular weight is 296 g/mol. The predicted octanol–water partition coefficient (Wildman–Crippen LogP) is 3.47. The van der Waals surface area contributed by atoms with Gasteiger partial charge in [-0.1, -0.05) is 5.70 Å². The topological polar surface area (TPSA) is 26.3 Å². The molecule has 1 rings (SSSR count). The summed E-state index contributed by atoms with van der Waals surface area (Å²) >= 11 is 0. The first-order valence-corrected chi connectivity index (χ1v) is 7.99. The first kappa shape index (κ1) is 15.4. The monoisotopic (exact) mass is 296 g/mol.